The third kappa shape index (κ3) is 6.51. The Balaban J connectivity index is 2.54. The van der Waals surface area contributed by atoms with Crippen LogP contribution < -0.4 is 5.32 Å². The van der Waals surface area contributed by atoms with Crippen LogP contribution >= 0.6 is 0 Å². The summed E-state index contributed by atoms with van der Waals surface area (Å²) in [4.78, 5) is 0. The molecule has 1 atom stereocenters. The Morgan fingerprint density at radius 1 is 1.05 bits per heavy atom. The molecular formula is C18H30FN. The number of nitrogens with one attached hydrogen (secondary N) is 1. The molecule has 0 aliphatic heterocycles. The van der Waals surface area contributed by atoms with Gasteiger partial charge < -0.3 is 5.32 Å². The van der Waals surface area contributed by atoms with E-state index in [-0.39, 0.29) is 5.82 Å². The quantitative estimate of drug-likeness (QED) is 0.575. The lowest BCUT2D eigenvalue weighted by molar-refractivity contribution is 0.468. The average molecular weight is 279 g/mol. The van der Waals surface area contributed by atoms with Crippen molar-refractivity contribution in [3.05, 3.63) is 35.6 Å². The first-order valence-corrected chi connectivity index (χ1v) is 8.13. The van der Waals surface area contributed by atoms with Gasteiger partial charge >= 0.3 is 0 Å². The summed E-state index contributed by atoms with van der Waals surface area (Å²) in [5.41, 5.74) is 0.871. The van der Waals surface area contributed by atoms with Crippen molar-refractivity contribution in [1.82, 2.24) is 5.32 Å². The van der Waals surface area contributed by atoms with Crippen LogP contribution in [0.2, 0.25) is 0 Å². The summed E-state index contributed by atoms with van der Waals surface area (Å²) >= 11 is 0. The number of halogens is 1. The molecule has 1 N–H and O–H groups in total. The fourth-order valence-corrected chi connectivity index (χ4v) is 2.55. The maximum absolute atomic E-state index is 14.0. The molecule has 0 saturated carbocycles. The molecule has 0 aliphatic carbocycles. The van der Waals surface area contributed by atoms with Gasteiger partial charge in [0.1, 0.15) is 5.82 Å². The lowest BCUT2D eigenvalue weighted by Gasteiger charge is -2.20. The van der Waals surface area contributed by atoms with Crippen LogP contribution in [0.1, 0.15) is 70.8 Å². The second-order valence-electron chi connectivity index (χ2n) is 5.98. The second kappa shape index (κ2) is 9.93. The molecule has 0 aliphatic rings. The van der Waals surface area contributed by atoms with E-state index in [2.05, 4.69) is 26.1 Å². The first kappa shape index (κ1) is 17.2. The second-order valence-corrected chi connectivity index (χ2v) is 5.98. The van der Waals surface area contributed by atoms with Gasteiger partial charge in [-0.3, -0.25) is 0 Å². The maximum Gasteiger partial charge on any atom is 0.126 e. The molecule has 20 heavy (non-hydrogen) atoms. The van der Waals surface area contributed by atoms with Crippen molar-refractivity contribution in [2.24, 2.45) is 0 Å². The topological polar surface area (TPSA) is 12.0 Å². The van der Waals surface area contributed by atoms with Gasteiger partial charge in [-0.15, -0.1) is 0 Å². The van der Waals surface area contributed by atoms with E-state index in [0.717, 1.165) is 18.5 Å². The summed E-state index contributed by atoms with van der Waals surface area (Å²) in [6.45, 7) is 7.38. The van der Waals surface area contributed by atoms with Crippen molar-refractivity contribution in [2.75, 3.05) is 6.54 Å². The Morgan fingerprint density at radius 3 is 2.40 bits per heavy atom. The maximum atomic E-state index is 14.0. The predicted octanol–water partition coefficient (Wildman–Crippen LogP) is 5.27. The van der Waals surface area contributed by atoms with Crippen LogP contribution in [0.4, 0.5) is 4.39 Å². The van der Waals surface area contributed by atoms with Gasteiger partial charge in [-0.1, -0.05) is 71.1 Å². The Kier molecular flexibility index (Phi) is 8.52. The molecule has 1 unspecified atom stereocenters. The fraction of sp³-hybridized carbons (Fsp3) is 0.667. The van der Waals surface area contributed by atoms with Gasteiger partial charge in [0.15, 0.2) is 0 Å². The molecule has 0 bridgehead atoms. The Hall–Kier alpha value is -0.890. The monoisotopic (exact) mass is 279 g/mol. The molecule has 0 saturated heterocycles. The third-order valence-electron chi connectivity index (χ3n) is 3.77. The molecule has 0 fully saturated rings. The van der Waals surface area contributed by atoms with Gasteiger partial charge in [-0.05, 0) is 24.0 Å². The third-order valence-corrected chi connectivity index (χ3v) is 3.77. The summed E-state index contributed by atoms with van der Waals surface area (Å²) in [7, 11) is 0. The van der Waals surface area contributed by atoms with Gasteiger partial charge in [-0.25, -0.2) is 4.39 Å². The number of hydrogen-bond donors (Lipinski definition) is 1. The van der Waals surface area contributed by atoms with Crippen molar-refractivity contribution in [1.29, 1.82) is 0 Å². The molecule has 1 nitrogen and oxygen atoms in total. The smallest absolute Gasteiger partial charge is 0.126 e. The predicted molar refractivity (Wildman–Crippen MR) is 85.7 cm³/mol. The highest BCUT2D eigenvalue weighted by atomic mass is 19.1. The van der Waals surface area contributed by atoms with Crippen molar-refractivity contribution in [2.45, 2.75) is 71.3 Å². The molecule has 1 aromatic carbocycles. The van der Waals surface area contributed by atoms with Crippen molar-refractivity contribution >= 4 is 0 Å². The van der Waals surface area contributed by atoms with Crippen LogP contribution in [0.3, 0.4) is 0 Å². The van der Waals surface area contributed by atoms with E-state index in [9.17, 15) is 4.39 Å². The normalized spacial score (nSPS) is 12.8. The van der Waals surface area contributed by atoms with Crippen molar-refractivity contribution in [3.63, 3.8) is 0 Å². The summed E-state index contributed by atoms with van der Waals surface area (Å²) in [6, 6.07) is 7.68. The zero-order valence-corrected chi connectivity index (χ0v) is 13.3. The van der Waals surface area contributed by atoms with Gasteiger partial charge in [-0.2, -0.15) is 0 Å². The molecule has 0 spiro atoms. The van der Waals surface area contributed by atoms with Gasteiger partial charge in [0.25, 0.3) is 0 Å². The lowest BCUT2D eigenvalue weighted by Crippen LogP contribution is -2.28. The van der Waals surface area contributed by atoms with E-state index in [1.54, 1.807) is 12.1 Å². The minimum atomic E-state index is -0.0587. The molecule has 1 aromatic rings. The van der Waals surface area contributed by atoms with E-state index in [4.69, 9.17) is 0 Å². The number of unbranched alkanes of at least 4 members (excludes halogenated alkanes) is 4. The summed E-state index contributed by atoms with van der Waals surface area (Å²) < 4.78 is 14.0. The Bertz CT molecular complexity index is 362. The zero-order chi connectivity index (χ0) is 14.8. The lowest BCUT2D eigenvalue weighted by atomic mass is 9.92. The van der Waals surface area contributed by atoms with Crippen molar-refractivity contribution < 1.29 is 4.39 Å². The molecule has 0 amide bonds. The van der Waals surface area contributed by atoms with E-state index in [0.29, 0.717) is 12.0 Å². The van der Waals surface area contributed by atoms with Crippen LogP contribution in [0.25, 0.3) is 0 Å². The molecule has 1 rings (SSSR count). The van der Waals surface area contributed by atoms with Gasteiger partial charge in [0.2, 0.25) is 0 Å². The summed E-state index contributed by atoms with van der Waals surface area (Å²) in [5.74, 6) is 0.233. The Morgan fingerprint density at radius 2 is 1.75 bits per heavy atom. The van der Waals surface area contributed by atoms with E-state index in [1.165, 1.54) is 32.1 Å². The zero-order valence-electron chi connectivity index (χ0n) is 13.3. The van der Waals surface area contributed by atoms with Crippen molar-refractivity contribution in [3.8, 4) is 0 Å². The number of hydrogen-bond acceptors (Lipinski definition) is 1. The number of benzene rings is 1. The van der Waals surface area contributed by atoms with Crippen LogP contribution in [0.5, 0.6) is 0 Å². The first-order valence-electron chi connectivity index (χ1n) is 8.13. The standard InChI is InChI=1S/C18H30FN/c1-4-5-6-7-8-11-16(14-20-15(2)3)17-12-9-10-13-18(17)19/h9-10,12-13,15-16,20H,4-8,11,14H2,1-3H3. The highest BCUT2D eigenvalue weighted by molar-refractivity contribution is 5.22. The SMILES string of the molecule is CCCCCCCC(CNC(C)C)c1ccccc1F. The summed E-state index contributed by atoms with van der Waals surface area (Å²) in [6.07, 6.45) is 7.42. The van der Waals surface area contributed by atoms with Crippen LogP contribution in [0, 0.1) is 5.82 Å². The average Bonchev–Trinajstić information content (AvgIpc) is 2.43. The molecule has 0 aromatic heterocycles. The highest BCUT2D eigenvalue weighted by Gasteiger charge is 2.15. The van der Waals surface area contributed by atoms with Crippen LogP contribution in [-0.4, -0.2) is 12.6 Å². The fourth-order valence-electron chi connectivity index (χ4n) is 2.55. The van der Waals surface area contributed by atoms with Gasteiger partial charge in [0.05, 0.1) is 0 Å². The first-order chi connectivity index (χ1) is 9.65. The largest absolute Gasteiger partial charge is 0.314 e. The number of rotatable bonds is 10. The highest BCUT2D eigenvalue weighted by Crippen LogP contribution is 2.24. The summed E-state index contributed by atoms with van der Waals surface area (Å²) in [5, 5.41) is 3.46. The van der Waals surface area contributed by atoms with Crippen LogP contribution in [0.15, 0.2) is 24.3 Å². The van der Waals surface area contributed by atoms with E-state index >= 15 is 0 Å². The Labute approximate surface area is 124 Å². The molecule has 114 valence electrons. The van der Waals surface area contributed by atoms with Crippen LogP contribution in [-0.2, 0) is 0 Å². The van der Waals surface area contributed by atoms with Gasteiger partial charge in [0, 0.05) is 12.6 Å². The van der Waals surface area contributed by atoms with E-state index < -0.39 is 0 Å². The minimum absolute atomic E-state index is 0.0587. The van der Waals surface area contributed by atoms with E-state index in [1.807, 2.05) is 12.1 Å². The molecule has 0 heterocycles. The molecular weight excluding hydrogens is 249 g/mol. The minimum Gasteiger partial charge on any atom is -0.314 e. The molecule has 0 radical (unpaired) electrons. The molecule has 2 heteroatoms.